The lowest BCUT2D eigenvalue weighted by atomic mass is 10.2. The molecule has 0 fully saturated rings. The Hall–Kier alpha value is -1.68. The highest BCUT2D eigenvalue weighted by Gasteiger charge is 2.07. The lowest BCUT2D eigenvalue weighted by Crippen LogP contribution is -1.81. The number of carbonyl (C=O) groups is 1. The molecule has 0 saturated carbocycles. The number of hydrogen-bond acceptors (Lipinski definition) is 4. The maximum Gasteiger partial charge on any atom is 0.260 e. The van der Waals surface area contributed by atoms with Crippen LogP contribution < -0.4 is 0 Å². The number of fused-ring (bicyclic) bond motifs is 1. The second kappa shape index (κ2) is 2.99. The molecule has 0 bridgehead atoms. The Balaban J connectivity index is 2.74. The van der Waals surface area contributed by atoms with E-state index in [0.717, 1.165) is 0 Å². The molecule has 0 atom stereocenters. The van der Waals surface area contributed by atoms with Crippen LogP contribution in [0, 0.1) is 0 Å². The van der Waals surface area contributed by atoms with Crippen molar-refractivity contribution in [3.05, 3.63) is 29.7 Å². The van der Waals surface area contributed by atoms with Crippen molar-refractivity contribution in [2.75, 3.05) is 0 Å². The largest absolute Gasteiger partial charge is 0.434 e. The van der Waals surface area contributed by atoms with Crippen molar-refractivity contribution in [3.8, 4) is 0 Å². The number of carbonyl (C=O) groups excluding carboxylic acids is 1. The normalized spacial score (nSPS) is 10.5. The van der Waals surface area contributed by atoms with Gasteiger partial charge in [0, 0.05) is 5.56 Å². The van der Waals surface area contributed by atoms with E-state index in [4.69, 9.17) is 9.52 Å². The summed E-state index contributed by atoms with van der Waals surface area (Å²) in [5.74, 6) is 0.0379. The number of benzene rings is 1. The standard InChI is InChI=1S/C9H7NO3/c11-4-6-2-1-3-7-9(6)13-8(5-12)10-7/h1-3,5,11H,4H2. The van der Waals surface area contributed by atoms with Crippen LogP contribution in [0.4, 0.5) is 0 Å². The highest BCUT2D eigenvalue weighted by atomic mass is 16.4. The van der Waals surface area contributed by atoms with Crippen LogP contribution in [0.2, 0.25) is 0 Å². The molecule has 13 heavy (non-hydrogen) atoms. The summed E-state index contributed by atoms with van der Waals surface area (Å²) in [6.07, 6.45) is 0.543. The molecule has 0 spiro atoms. The van der Waals surface area contributed by atoms with E-state index < -0.39 is 0 Å². The van der Waals surface area contributed by atoms with Gasteiger partial charge in [0.2, 0.25) is 6.29 Å². The van der Waals surface area contributed by atoms with Crippen LogP contribution in [-0.4, -0.2) is 16.4 Å². The Kier molecular flexibility index (Phi) is 1.83. The molecule has 0 aliphatic heterocycles. The molecule has 1 aromatic heterocycles. The maximum absolute atomic E-state index is 10.4. The van der Waals surface area contributed by atoms with Gasteiger partial charge in [-0.1, -0.05) is 12.1 Å². The molecular weight excluding hydrogens is 170 g/mol. The zero-order chi connectivity index (χ0) is 9.26. The Morgan fingerprint density at radius 1 is 1.54 bits per heavy atom. The Labute approximate surface area is 73.8 Å². The number of aliphatic hydroxyl groups is 1. The van der Waals surface area contributed by atoms with Crippen LogP contribution in [-0.2, 0) is 6.61 Å². The van der Waals surface area contributed by atoms with Gasteiger partial charge in [0.25, 0.3) is 5.89 Å². The van der Waals surface area contributed by atoms with Crippen LogP contribution in [0.3, 0.4) is 0 Å². The Morgan fingerprint density at radius 2 is 2.38 bits per heavy atom. The van der Waals surface area contributed by atoms with Crippen molar-refractivity contribution in [2.45, 2.75) is 6.61 Å². The predicted octanol–water partition coefficient (Wildman–Crippen LogP) is 1.13. The highest BCUT2D eigenvalue weighted by Crippen LogP contribution is 2.18. The number of oxazole rings is 1. The van der Waals surface area contributed by atoms with Crippen molar-refractivity contribution in [1.82, 2.24) is 4.98 Å². The zero-order valence-corrected chi connectivity index (χ0v) is 6.73. The number of para-hydroxylation sites is 1. The summed E-state index contributed by atoms with van der Waals surface area (Å²) in [6, 6.07) is 5.21. The highest BCUT2D eigenvalue weighted by molar-refractivity contribution is 5.81. The van der Waals surface area contributed by atoms with Crippen molar-refractivity contribution in [3.63, 3.8) is 0 Å². The number of rotatable bonds is 2. The number of aromatic nitrogens is 1. The maximum atomic E-state index is 10.4. The second-order valence-corrected chi connectivity index (χ2v) is 2.59. The van der Waals surface area contributed by atoms with E-state index in [9.17, 15) is 4.79 Å². The molecule has 0 amide bonds. The molecule has 1 heterocycles. The molecule has 0 aliphatic carbocycles. The monoisotopic (exact) mass is 177 g/mol. The van der Waals surface area contributed by atoms with Gasteiger partial charge in [0.05, 0.1) is 6.61 Å². The third kappa shape index (κ3) is 1.21. The van der Waals surface area contributed by atoms with Crippen molar-refractivity contribution < 1.29 is 14.3 Å². The van der Waals surface area contributed by atoms with E-state index in [1.165, 1.54) is 0 Å². The summed E-state index contributed by atoms with van der Waals surface area (Å²) in [6.45, 7) is -0.120. The summed E-state index contributed by atoms with van der Waals surface area (Å²) in [5, 5.41) is 8.94. The Morgan fingerprint density at radius 3 is 3.08 bits per heavy atom. The molecule has 0 aliphatic rings. The van der Waals surface area contributed by atoms with Crippen molar-refractivity contribution >= 4 is 17.4 Å². The van der Waals surface area contributed by atoms with Crippen LogP contribution in [0.15, 0.2) is 22.6 Å². The van der Waals surface area contributed by atoms with Gasteiger partial charge in [0.1, 0.15) is 5.52 Å². The van der Waals surface area contributed by atoms with Crippen LogP contribution in [0.1, 0.15) is 16.2 Å². The summed E-state index contributed by atoms with van der Waals surface area (Å²) in [4.78, 5) is 14.3. The van der Waals surface area contributed by atoms with Gasteiger partial charge in [0.15, 0.2) is 5.58 Å². The van der Waals surface area contributed by atoms with E-state index in [1.54, 1.807) is 18.2 Å². The van der Waals surface area contributed by atoms with Crippen molar-refractivity contribution in [1.29, 1.82) is 0 Å². The van der Waals surface area contributed by atoms with E-state index in [0.29, 0.717) is 22.9 Å². The first-order chi connectivity index (χ1) is 6.35. The number of hydrogen-bond donors (Lipinski definition) is 1. The molecule has 4 nitrogen and oxygen atoms in total. The lowest BCUT2D eigenvalue weighted by molar-refractivity contribution is 0.109. The molecule has 1 aromatic carbocycles. The molecule has 0 unspecified atom stereocenters. The number of aldehydes is 1. The number of aliphatic hydroxyl groups excluding tert-OH is 1. The fourth-order valence-electron chi connectivity index (χ4n) is 1.20. The van der Waals surface area contributed by atoms with Gasteiger partial charge in [-0.05, 0) is 6.07 Å². The average Bonchev–Trinajstić information content (AvgIpc) is 2.59. The molecule has 2 rings (SSSR count). The van der Waals surface area contributed by atoms with Gasteiger partial charge in [-0.3, -0.25) is 4.79 Å². The summed E-state index contributed by atoms with van der Waals surface area (Å²) < 4.78 is 5.10. The topological polar surface area (TPSA) is 63.3 Å². The predicted molar refractivity (Wildman–Crippen MR) is 45.3 cm³/mol. The Bertz CT molecular complexity index is 447. The minimum absolute atomic E-state index is 0.0379. The average molecular weight is 177 g/mol. The lowest BCUT2D eigenvalue weighted by Gasteiger charge is -1.93. The molecule has 1 N–H and O–H groups in total. The summed E-state index contributed by atoms with van der Waals surface area (Å²) >= 11 is 0. The van der Waals surface area contributed by atoms with E-state index in [2.05, 4.69) is 4.98 Å². The van der Waals surface area contributed by atoms with E-state index in [-0.39, 0.29) is 12.5 Å². The third-order valence-corrected chi connectivity index (χ3v) is 1.78. The minimum Gasteiger partial charge on any atom is -0.434 e. The minimum atomic E-state index is -0.120. The van der Waals surface area contributed by atoms with Crippen LogP contribution in [0.5, 0.6) is 0 Å². The fourth-order valence-corrected chi connectivity index (χ4v) is 1.20. The first kappa shape index (κ1) is 7.94. The molecule has 0 saturated heterocycles. The molecule has 0 radical (unpaired) electrons. The van der Waals surface area contributed by atoms with Crippen LogP contribution >= 0.6 is 0 Å². The van der Waals surface area contributed by atoms with Gasteiger partial charge in [-0.15, -0.1) is 0 Å². The molecule has 66 valence electrons. The molecule has 2 aromatic rings. The quantitative estimate of drug-likeness (QED) is 0.698. The van der Waals surface area contributed by atoms with Gasteiger partial charge in [-0.2, -0.15) is 0 Å². The van der Waals surface area contributed by atoms with Gasteiger partial charge in [-0.25, -0.2) is 4.98 Å². The van der Waals surface area contributed by atoms with E-state index >= 15 is 0 Å². The van der Waals surface area contributed by atoms with Crippen LogP contribution in [0.25, 0.3) is 11.1 Å². The van der Waals surface area contributed by atoms with Gasteiger partial charge >= 0.3 is 0 Å². The smallest absolute Gasteiger partial charge is 0.260 e. The summed E-state index contributed by atoms with van der Waals surface area (Å²) in [7, 11) is 0. The summed E-state index contributed by atoms with van der Waals surface area (Å²) in [5.41, 5.74) is 1.71. The second-order valence-electron chi connectivity index (χ2n) is 2.59. The molecule has 4 heteroatoms. The third-order valence-electron chi connectivity index (χ3n) is 1.78. The SMILES string of the molecule is O=Cc1nc2cccc(CO)c2o1. The van der Waals surface area contributed by atoms with Crippen molar-refractivity contribution in [2.24, 2.45) is 0 Å². The van der Waals surface area contributed by atoms with E-state index in [1.807, 2.05) is 0 Å². The molecular formula is C9H7NO3. The zero-order valence-electron chi connectivity index (χ0n) is 6.73. The first-order valence-electron chi connectivity index (χ1n) is 3.79. The fraction of sp³-hybridized carbons (Fsp3) is 0.111. The first-order valence-corrected chi connectivity index (χ1v) is 3.79. The van der Waals surface area contributed by atoms with Gasteiger partial charge < -0.3 is 9.52 Å². The number of nitrogens with zero attached hydrogens (tertiary/aromatic N) is 1.